The highest BCUT2D eigenvalue weighted by Crippen LogP contribution is 2.31. The highest BCUT2D eigenvalue weighted by Gasteiger charge is 2.38. The van der Waals surface area contributed by atoms with Gasteiger partial charge in [0.25, 0.3) is 0 Å². The quantitative estimate of drug-likeness (QED) is 0.692. The van der Waals surface area contributed by atoms with Crippen LogP contribution < -0.4 is 16.0 Å². The van der Waals surface area contributed by atoms with Crippen molar-refractivity contribution in [1.82, 2.24) is 10.6 Å². The fourth-order valence-electron chi connectivity index (χ4n) is 2.73. The molecular formula is C18H16FN3O3. The Balaban J connectivity index is 1.90. The minimum absolute atomic E-state index is 0.0432. The second-order valence-electron chi connectivity index (χ2n) is 5.64. The van der Waals surface area contributed by atoms with Crippen LogP contribution in [0.15, 0.2) is 60.8 Å². The second-order valence-corrected chi connectivity index (χ2v) is 5.64. The van der Waals surface area contributed by atoms with E-state index in [1.165, 1.54) is 30.3 Å². The Hall–Kier alpha value is -3.35. The Bertz CT molecular complexity index is 836. The zero-order chi connectivity index (χ0) is 18.0. The lowest BCUT2D eigenvalue weighted by Gasteiger charge is -2.33. The molecule has 0 aromatic heterocycles. The predicted molar refractivity (Wildman–Crippen MR) is 90.2 cm³/mol. The highest BCUT2D eigenvalue weighted by atomic mass is 19.1. The van der Waals surface area contributed by atoms with E-state index in [2.05, 4.69) is 22.5 Å². The molecule has 1 aliphatic rings. The molecule has 0 saturated carbocycles. The summed E-state index contributed by atoms with van der Waals surface area (Å²) in [6.07, 6.45) is 0. The summed E-state index contributed by atoms with van der Waals surface area (Å²) >= 11 is 0. The summed E-state index contributed by atoms with van der Waals surface area (Å²) in [6, 6.07) is 10.7. The highest BCUT2D eigenvalue weighted by molar-refractivity contribution is 5.97. The molecule has 0 aliphatic carbocycles. The third-order valence-electron chi connectivity index (χ3n) is 3.94. The van der Waals surface area contributed by atoms with Crippen LogP contribution in [0, 0.1) is 11.7 Å². The van der Waals surface area contributed by atoms with Gasteiger partial charge in [0, 0.05) is 5.70 Å². The van der Waals surface area contributed by atoms with Crippen LogP contribution in [-0.2, 0) is 4.79 Å². The summed E-state index contributed by atoms with van der Waals surface area (Å²) in [5.41, 5.74) is 0.861. The molecule has 2 atom stereocenters. The van der Waals surface area contributed by atoms with Crippen molar-refractivity contribution < 1.29 is 19.1 Å². The SMILES string of the molecule is C=C1NC(=O)N[C@H](c2ccc(O)cc2)[C@@H]1C(=O)Nc1ccccc1F. The van der Waals surface area contributed by atoms with Crippen LogP contribution in [0.5, 0.6) is 5.75 Å². The van der Waals surface area contributed by atoms with Gasteiger partial charge in [-0.2, -0.15) is 0 Å². The van der Waals surface area contributed by atoms with Crippen LogP contribution in [0.25, 0.3) is 0 Å². The zero-order valence-corrected chi connectivity index (χ0v) is 13.1. The topological polar surface area (TPSA) is 90.5 Å². The van der Waals surface area contributed by atoms with Crippen molar-refractivity contribution in [2.45, 2.75) is 6.04 Å². The lowest BCUT2D eigenvalue weighted by molar-refractivity contribution is -0.119. The lowest BCUT2D eigenvalue weighted by Crippen LogP contribution is -2.51. The molecule has 0 unspecified atom stereocenters. The van der Waals surface area contributed by atoms with Crippen LogP contribution in [0.2, 0.25) is 0 Å². The first kappa shape index (κ1) is 16.5. The van der Waals surface area contributed by atoms with E-state index in [0.717, 1.165) is 0 Å². The average molecular weight is 341 g/mol. The third kappa shape index (κ3) is 3.45. The molecule has 0 spiro atoms. The van der Waals surface area contributed by atoms with Crippen LogP contribution in [0.4, 0.5) is 14.9 Å². The summed E-state index contributed by atoms with van der Waals surface area (Å²) in [4.78, 5) is 24.5. The normalized spacial score (nSPS) is 19.7. The number of hydrogen-bond donors (Lipinski definition) is 4. The summed E-state index contributed by atoms with van der Waals surface area (Å²) < 4.78 is 13.8. The first-order chi connectivity index (χ1) is 12.0. The van der Waals surface area contributed by atoms with Crippen molar-refractivity contribution in [3.8, 4) is 5.75 Å². The molecule has 1 fully saturated rings. The van der Waals surface area contributed by atoms with Gasteiger partial charge < -0.3 is 21.1 Å². The number of carbonyl (C=O) groups excluding carboxylic acids is 2. The van der Waals surface area contributed by atoms with Crippen molar-refractivity contribution in [3.05, 3.63) is 72.2 Å². The minimum Gasteiger partial charge on any atom is -0.508 e. The molecule has 2 aromatic rings. The van der Waals surface area contributed by atoms with Crippen molar-refractivity contribution >= 4 is 17.6 Å². The van der Waals surface area contributed by atoms with E-state index < -0.39 is 29.7 Å². The number of nitrogens with one attached hydrogen (secondary N) is 3. The number of benzene rings is 2. The van der Waals surface area contributed by atoms with Gasteiger partial charge in [0.05, 0.1) is 11.7 Å². The van der Waals surface area contributed by atoms with Gasteiger partial charge in [-0.1, -0.05) is 30.8 Å². The van der Waals surface area contributed by atoms with E-state index >= 15 is 0 Å². The van der Waals surface area contributed by atoms with Crippen molar-refractivity contribution in [1.29, 1.82) is 0 Å². The van der Waals surface area contributed by atoms with Gasteiger partial charge in [0.2, 0.25) is 5.91 Å². The van der Waals surface area contributed by atoms with E-state index in [-0.39, 0.29) is 17.1 Å². The van der Waals surface area contributed by atoms with E-state index in [9.17, 15) is 19.1 Å². The number of phenolic OH excluding ortho intramolecular Hbond substituents is 1. The number of urea groups is 1. The molecule has 0 bridgehead atoms. The number of aromatic hydroxyl groups is 1. The Kier molecular flexibility index (Phi) is 4.38. The molecule has 25 heavy (non-hydrogen) atoms. The molecule has 3 rings (SSSR count). The molecular weight excluding hydrogens is 325 g/mol. The van der Waals surface area contributed by atoms with Crippen molar-refractivity contribution in [3.63, 3.8) is 0 Å². The number of carbonyl (C=O) groups is 2. The first-order valence-electron chi connectivity index (χ1n) is 7.56. The number of phenols is 1. The number of rotatable bonds is 3. The summed E-state index contributed by atoms with van der Waals surface area (Å²) in [6.45, 7) is 3.75. The lowest BCUT2D eigenvalue weighted by atomic mass is 9.88. The Morgan fingerprint density at radius 2 is 1.84 bits per heavy atom. The van der Waals surface area contributed by atoms with Crippen LogP contribution >= 0.6 is 0 Å². The van der Waals surface area contributed by atoms with Crippen molar-refractivity contribution in [2.24, 2.45) is 5.92 Å². The van der Waals surface area contributed by atoms with Gasteiger partial charge >= 0.3 is 6.03 Å². The molecule has 4 N–H and O–H groups in total. The van der Waals surface area contributed by atoms with Gasteiger partial charge in [-0.25, -0.2) is 9.18 Å². The molecule has 6 nitrogen and oxygen atoms in total. The molecule has 7 heteroatoms. The second kappa shape index (κ2) is 6.64. The minimum atomic E-state index is -0.859. The molecule has 128 valence electrons. The molecule has 3 amide bonds. The molecule has 0 radical (unpaired) electrons. The molecule has 2 aromatic carbocycles. The monoisotopic (exact) mass is 341 g/mol. The summed E-state index contributed by atoms with van der Waals surface area (Å²) in [7, 11) is 0. The number of hydrogen-bond acceptors (Lipinski definition) is 3. The van der Waals surface area contributed by atoms with E-state index in [0.29, 0.717) is 5.56 Å². The van der Waals surface area contributed by atoms with Gasteiger partial charge in [-0.3, -0.25) is 4.79 Å². The summed E-state index contributed by atoms with van der Waals surface area (Å²) in [5, 5.41) is 17.1. The Labute approximate surface area is 143 Å². The van der Waals surface area contributed by atoms with Gasteiger partial charge in [0.1, 0.15) is 17.5 Å². The molecule has 1 saturated heterocycles. The fraction of sp³-hybridized carbons (Fsp3) is 0.111. The van der Waals surface area contributed by atoms with E-state index in [1.54, 1.807) is 18.2 Å². The Morgan fingerprint density at radius 1 is 1.16 bits per heavy atom. The average Bonchev–Trinajstić information content (AvgIpc) is 2.57. The van der Waals surface area contributed by atoms with Crippen LogP contribution in [-0.4, -0.2) is 17.0 Å². The molecule has 1 aliphatic heterocycles. The first-order valence-corrected chi connectivity index (χ1v) is 7.56. The van der Waals surface area contributed by atoms with Crippen LogP contribution in [0.1, 0.15) is 11.6 Å². The fourth-order valence-corrected chi connectivity index (χ4v) is 2.73. The number of halogens is 1. The predicted octanol–water partition coefficient (Wildman–Crippen LogP) is 2.65. The van der Waals surface area contributed by atoms with Gasteiger partial charge in [-0.05, 0) is 29.8 Å². The van der Waals surface area contributed by atoms with Crippen molar-refractivity contribution in [2.75, 3.05) is 5.32 Å². The largest absolute Gasteiger partial charge is 0.508 e. The number of para-hydroxylation sites is 1. The standard InChI is InChI=1S/C18H16FN3O3/c1-10-15(17(24)21-14-5-3-2-4-13(14)19)16(22-18(25)20-10)11-6-8-12(23)9-7-11/h2-9,15-16,23H,1H2,(H,21,24)(H2,20,22,25)/t15-,16-/m1/s1. The molecule has 1 heterocycles. The maximum atomic E-state index is 13.8. The smallest absolute Gasteiger partial charge is 0.319 e. The third-order valence-corrected chi connectivity index (χ3v) is 3.94. The summed E-state index contributed by atoms with van der Waals surface area (Å²) in [5.74, 6) is -1.87. The van der Waals surface area contributed by atoms with E-state index in [1.807, 2.05) is 0 Å². The zero-order valence-electron chi connectivity index (χ0n) is 13.1. The Morgan fingerprint density at radius 3 is 2.52 bits per heavy atom. The number of anilines is 1. The maximum Gasteiger partial charge on any atom is 0.319 e. The van der Waals surface area contributed by atoms with Gasteiger partial charge in [-0.15, -0.1) is 0 Å². The van der Waals surface area contributed by atoms with Gasteiger partial charge in [0.15, 0.2) is 0 Å². The number of amides is 3. The maximum absolute atomic E-state index is 13.8. The van der Waals surface area contributed by atoms with Crippen LogP contribution in [0.3, 0.4) is 0 Å². The van der Waals surface area contributed by atoms with E-state index in [4.69, 9.17) is 0 Å².